The van der Waals surface area contributed by atoms with Crippen molar-refractivity contribution in [1.29, 1.82) is 0 Å². The van der Waals surface area contributed by atoms with E-state index in [4.69, 9.17) is 5.73 Å². The predicted octanol–water partition coefficient (Wildman–Crippen LogP) is 1.74. The van der Waals surface area contributed by atoms with Gasteiger partial charge in [-0.1, -0.05) is 12.7 Å². The number of hydrogen-bond acceptors (Lipinski definition) is 2. The summed E-state index contributed by atoms with van der Waals surface area (Å²) in [6, 6.07) is 0. The van der Waals surface area contributed by atoms with Crippen LogP contribution in [0.4, 0.5) is 8.78 Å². The molecule has 0 amide bonds. The number of halogens is 2. The molecule has 0 fully saturated rings. The molecule has 0 bridgehead atoms. The summed E-state index contributed by atoms with van der Waals surface area (Å²) in [5, 5.41) is 0. The van der Waals surface area contributed by atoms with Gasteiger partial charge >= 0.3 is 0 Å². The van der Waals surface area contributed by atoms with E-state index in [1.54, 1.807) is 13.0 Å². The minimum Gasteiger partial charge on any atom is -0.326 e. The van der Waals surface area contributed by atoms with Gasteiger partial charge in [0.05, 0.1) is 5.70 Å². The molecule has 0 aliphatic carbocycles. The number of hydrogen-bond donors (Lipinski definition) is 1. The van der Waals surface area contributed by atoms with E-state index >= 15 is 0 Å². The first-order valence-corrected chi connectivity index (χ1v) is 3.48. The molecular weight excluding hydrogens is 162 g/mol. The van der Waals surface area contributed by atoms with Crippen molar-refractivity contribution in [3.05, 3.63) is 23.9 Å². The number of allylic oxidation sites excluding steroid dienone is 2. The second-order valence-corrected chi connectivity index (χ2v) is 2.12. The Balaban J connectivity index is 4.15. The molecule has 0 heterocycles. The van der Waals surface area contributed by atoms with Gasteiger partial charge in [-0.2, -0.15) is 0 Å². The zero-order valence-corrected chi connectivity index (χ0v) is 6.93. The van der Waals surface area contributed by atoms with Crippen molar-refractivity contribution < 1.29 is 8.78 Å². The van der Waals surface area contributed by atoms with Crippen LogP contribution in [0.5, 0.6) is 0 Å². The molecule has 0 atom stereocenters. The fourth-order valence-electron chi connectivity index (χ4n) is 0.467. The maximum absolute atomic E-state index is 11.8. The normalized spacial score (nSPS) is 12.9. The predicted molar refractivity (Wildman–Crippen MR) is 46.4 cm³/mol. The average molecular weight is 174 g/mol. The molecule has 68 valence electrons. The van der Waals surface area contributed by atoms with Crippen LogP contribution in [0, 0.1) is 0 Å². The van der Waals surface area contributed by atoms with Crippen LogP contribution in [0.1, 0.15) is 6.92 Å². The lowest BCUT2D eigenvalue weighted by Crippen LogP contribution is -2.04. The van der Waals surface area contributed by atoms with E-state index in [0.717, 1.165) is 0 Å². The monoisotopic (exact) mass is 174 g/mol. The van der Waals surface area contributed by atoms with Crippen molar-refractivity contribution in [2.24, 2.45) is 10.7 Å². The van der Waals surface area contributed by atoms with Crippen LogP contribution in [0.25, 0.3) is 0 Å². The zero-order chi connectivity index (χ0) is 9.56. The molecule has 0 spiro atoms. The summed E-state index contributed by atoms with van der Waals surface area (Å²) < 4.78 is 23.6. The standard InChI is InChI=1S/C8H12F2N2/c1-3-7(4-11)5-12-6(2)8(9)10/h3,5,8H,2,4,11H2,1H3/b7-3-,12-5-. The number of aliphatic imine (C=N–C) groups is 1. The van der Waals surface area contributed by atoms with Crippen LogP contribution in [-0.2, 0) is 0 Å². The summed E-state index contributed by atoms with van der Waals surface area (Å²) in [4.78, 5) is 3.45. The van der Waals surface area contributed by atoms with Gasteiger partial charge in [-0.3, -0.25) is 4.99 Å². The molecule has 0 radical (unpaired) electrons. The van der Waals surface area contributed by atoms with E-state index in [1.165, 1.54) is 6.21 Å². The summed E-state index contributed by atoms with van der Waals surface area (Å²) in [6.07, 6.45) is 0.411. The van der Waals surface area contributed by atoms with Crippen LogP contribution < -0.4 is 5.73 Å². The van der Waals surface area contributed by atoms with E-state index in [1.807, 2.05) is 0 Å². The van der Waals surface area contributed by atoms with Gasteiger partial charge in [0.1, 0.15) is 0 Å². The summed E-state index contributed by atoms with van der Waals surface area (Å²) in [5.41, 5.74) is 5.53. The van der Waals surface area contributed by atoms with Gasteiger partial charge in [0.15, 0.2) is 0 Å². The first-order valence-electron chi connectivity index (χ1n) is 3.48. The Bertz CT molecular complexity index is 207. The first kappa shape index (κ1) is 11.0. The molecule has 12 heavy (non-hydrogen) atoms. The number of nitrogens with zero attached hydrogens (tertiary/aromatic N) is 1. The Morgan fingerprint density at radius 1 is 1.67 bits per heavy atom. The molecule has 2 nitrogen and oxygen atoms in total. The summed E-state index contributed by atoms with van der Waals surface area (Å²) >= 11 is 0. The average Bonchev–Trinajstić information content (AvgIpc) is 2.05. The second kappa shape index (κ2) is 5.60. The van der Waals surface area contributed by atoms with Gasteiger partial charge in [-0.05, 0) is 12.5 Å². The van der Waals surface area contributed by atoms with Crippen LogP contribution >= 0.6 is 0 Å². The highest BCUT2D eigenvalue weighted by molar-refractivity contribution is 5.79. The largest absolute Gasteiger partial charge is 0.326 e. The van der Waals surface area contributed by atoms with E-state index in [0.29, 0.717) is 5.57 Å². The fourth-order valence-corrected chi connectivity index (χ4v) is 0.467. The van der Waals surface area contributed by atoms with Crippen LogP contribution in [0.15, 0.2) is 28.9 Å². The summed E-state index contributed by atoms with van der Waals surface area (Å²) in [6.45, 7) is 5.13. The minimum absolute atomic E-state index is 0.288. The van der Waals surface area contributed by atoms with Crippen molar-refractivity contribution >= 4 is 6.21 Å². The van der Waals surface area contributed by atoms with Crippen LogP contribution in [0.2, 0.25) is 0 Å². The molecule has 0 saturated carbocycles. The molecule has 0 rings (SSSR count). The van der Waals surface area contributed by atoms with E-state index < -0.39 is 12.1 Å². The van der Waals surface area contributed by atoms with Crippen molar-refractivity contribution in [2.45, 2.75) is 13.3 Å². The van der Waals surface area contributed by atoms with Crippen molar-refractivity contribution in [3.8, 4) is 0 Å². The molecule has 0 aromatic rings. The highest BCUT2D eigenvalue weighted by Crippen LogP contribution is 2.06. The van der Waals surface area contributed by atoms with Crippen molar-refractivity contribution in [1.82, 2.24) is 0 Å². The molecular formula is C8H12F2N2. The summed E-state index contributed by atoms with van der Waals surface area (Å²) in [7, 11) is 0. The molecule has 0 aromatic carbocycles. The van der Waals surface area contributed by atoms with E-state index in [9.17, 15) is 8.78 Å². The minimum atomic E-state index is -2.60. The molecule has 0 saturated heterocycles. The lowest BCUT2D eigenvalue weighted by Gasteiger charge is -1.97. The Morgan fingerprint density at radius 2 is 2.25 bits per heavy atom. The third-order valence-corrected chi connectivity index (χ3v) is 1.25. The van der Waals surface area contributed by atoms with Crippen LogP contribution in [0.3, 0.4) is 0 Å². The fraction of sp³-hybridized carbons (Fsp3) is 0.375. The highest BCUT2D eigenvalue weighted by atomic mass is 19.3. The van der Waals surface area contributed by atoms with Crippen molar-refractivity contribution in [2.75, 3.05) is 6.54 Å². The molecule has 2 N–H and O–H groups in total. The highest BCUT2D eigenvalue weighted by Gasteiger charge is 2.04. The van der Waals surface area contributed by atoms with Crippen molar-refractivity contribution in [3.63, 3.8) is 0 Å². The quantitative estimate of drug-likeness (QED) is 0.648. The van der Waals surface area contributed by atoms with Gasteiger partial charge < -0.3 is 5.73 Å². The van der Waals surface area contributed by atoms with Gasteiger partial charge in [-0.25, -0.2) is 8.78 Å². The van der Waals surface area contributed by atoms with Gasteiger partial charge in [0, 0.05) is 12.8 Å². The number of nitrogens with two attached hydrogens (primary N) is 1. The lowest BCUT2D eigenvalue weighted by atomic mass is 10.3. The van der Waals surface area contributed by atoms with Crippen LogP contribution in [-0.4, -0.2) is 19.2 Å². The third kappa shape index (κ3) is 3.98. The molecule has 0 aliphatic heterocycles. The van der Waals surface area contributed by atoms with Gasteiger partial charge in [0.2, 0.25) is 0 Å². The maximum Gasteiger partial charge on any atom is 0.279 e. The Morgan fingerprint density at radius 3 is 2.58 bits per heavy atom. The first-order chi connectivity index (χ1) is 5.61. The van der Waals surface area contributed by atoms with E-state index in [2.05, 4.69) is 11.6 Å². The third-order valence-electron chi connectivity index (χ3n) is 1.25. The number of rotatable bonds is 4. The Kier molecular flexibility index (Phi) is 5.12. The molecule has 0 unspecified atom stereocenters. The van der Waals surface area contributed by atoms with Gasteiger partial charge in [0.25, 0.3) is 6.43 Å². The number of alkyl halides is 2. The smallest absolute Gasteiger partial charge is 0.279 e. The molecule has 0 aromatic heterocycles. The summed E-state index contributed by atoms with van der Waals surface area (Å²) in [5.74, 6) is 0. The Labute approximate surface area is 70.5 Å². The van der Waals surface area contributed by atoms with Gasteiger partial charge in [-0.15, -0.1) is 0 Å². The lowest BCUT2D eigenvalue weighted by molar-refractivity contribution is 0.189. The SMILES string of the molecule is C=C(/N=C\C(=C/C)CN)C(F)F. The Hall–Kier alpha value is -1.03. The second-order valence-electron chi connectivity index (χ2n) is 2.12. The molecule has 0 aliphatic rings. The molecule has 4 heteroatoms. The van der Waals surface area contributed by atoms with E-state index in [-0.39, 0.29) is 6.54 Å². The topological polar surface area (TPSA) is 38.4 Å². The zero-order valence-electron chi connectivity index (χ0n) is 6.93. The maximum atomic E-state index is 11.8.